The van der Waals surface area contributed by atoms with Gasteiger partial charge in [0, 0.05) is 16.3 Å². The highest BCUT2D eigenvalue weighted by molar-refractivity contribution is 6.21. The quantitative estimate of drug-likeness (QED) is 0.154. The molecule has 226 valence electrons. The first kappa shape index (κ1) is 29.4. The van der Waals surface area contributed by atoms with Gasteiger partial charge in [0.1, 0.15) is 17.3 Å². The fourth-order valence-electron chi connectivity index (χ4n) is 5.91. The average Bonchev–Trinajstić information content (AvgIpc) is 3.47. The van der Waals surface area contributed by atoms with Gasteiger partial charge in [0.25, 0.3) is 0 Å². The first-order valence-corrected chi connectivity index (χ1v) is 15.6. The van der Waals surface area contributed by atoms with E-state index in [0.717, 1.165) is 33.4 Å². The standard InChI is InChI=1S/C35H25N5.C7H8/c36-34(25-13-5-2-6-14-25)39-35(37)29-16-9-17-32(38-29)40-30-20-19-26(23-10-3-1-4-11-23)22-28(30)33-27-15-8-7-12-24(27)18-21-31(33)40;1-7-5-3-2-4-6-7/h1-22H,(H3,36,37,39);2-6H,1H3. The molecular formula is C42H33N5. The number of hydrogen-bond acceptors (Lipinski definition) is 2. The van der Waals surface area contributed by atoms with Gasteiger partial charge in [-0.3, -0.25) is 9.98 Å². The predicted molar refractivity (Wildman–Crippen MR) is 197 cm³/mol. The van der Waals surface area contributed by atoms with Gasteiger partial charge >= 0.3 is 0 Å². The van der Waals surface area contributed by atoms with Crippen molar-refractivity contribution in [3.8, 4) is 16.9 Å². The molecule has 8 rings (SSSR count). The Balaban J connectivity index is 0.000000447. The first-order valence-electron chi connectivity index (χ1n) is 15.6. The molecular weight excluding hydrogens is 574 g/mol. The summed E-state index contributed by atoms with van der Waals surface area (Å²) in [5.41, 5.74) is 13.2. The Bertz CT molecular complexity index is 2370. The molecule has 0 saturated carbocycles. The predicted octanol–water partition coefficient (Wildman–Crippen LogP) is 9.72. The van der Waals surface area contributed by atoms with E-state index >= 15 is 0 Å². The molecule has 3 N–H and O–H groups in total. The third kappa shape index (κ3) is 6.02. The maximum atomic E-state index is 8.65. The second kappa shape index (κ2) is 13.0. The SMILES string of the molecule is Cc1ccccc1.N=C(N=C(N)c1ccccc1)c1cccc(-n2c3ccc(-c4ccccc4)cc3c3c4ccccc4ccc32)n1. The highest BCUT2D eigenvalue weighted by Crippen LogP contribution is 2.38. The van der Waals surface area contributed by atoms with E-state index in [1.54, 1.807) is 6.07 Å². The van der Waals surface area contributed by atoms with Crippen LogP contribution in [0.5, 0.6) is 0 Å². The molecule has 5 nitrogen and oxygen atoms in total. The summed E-state index contributed by atoms with van der Waals surface area (Å²) in [4.78, 5) is 9.26. The molecule has 0 aliphatic heterocycles. The molecule has 0 saturated heterocycles. The van der Waals surface area contributed by atoms with Crippen LogP contribution in [0.3, 0.4) is 0 Å². The molecule has 2 heterocycles. The van der Waals surface area contributed by atoms with Gasteiger partial charge in [-0.25, -0.2) is 9.98 Å². The first-order chi connectivity index (χ1) is 23.1. The van der Waals surface area contributed by atoms with Crippen LogP contribution >= 0.6 is 0 Å². The van der Waals surface area contributed by atoms with Gasteiger partial charge in [0.05, 0.1) is 11.0 Å². The number of fused-ring (bicyclic) bond motifs is 5. The van der Waals surface area contributed by atoms with Gasteiger partial charge in [-0.05, 0) is 59.2 Å². The number of amidine groups is 2. The van der Waals surface area contributed by atoms with E-state index in [0.29, 0.717) is 5.69 Å². The Kier molecular flexibility index (Phi) is 8.10. The number of hydrogen-bond donors (Lipinski definition) is 2. The summed E-state index contributed by atoms with van der Waals surface area (Å²) in [6, 6.07) is 55.2. The van der Waals surface area contributed by atoms with Crippen LogP contribution in [0, 0.1) is 12.3 Å². The molecule has 0 unspecified atom stereocenters. The molecule has 0 atom stereocenters. The number of nitrogens with two attached hydrogens (primary N) is 1. The van der Waals surface area contributed by atoms with E-state index in [2.05, 4.69) is 107 Å². The van der Waals surface area contributed by atoms with Crippen LogP contribution in [0.2, 0.25) is 0 Å². The Hall–Kier alpha value is -6.33. The van der Waals surface area contributed by atoms with E-state index < -0.39 is 0 Å². The van der Waals surface area contributed by atoms with Gasteiger partial charge in [0.2, 0.25) is 0 Å². The summed E-state index contributed by atoms with van der Waals surface area (Å²) < 4.78 is 2.17. The number of pyridine rings is 1. The third-order valence-corrected chi connectivity index (χ3v) is 8.21. The van der Waals surface area contributed by atoms with Gasteiger partial charge in [-0.15, -0.1) is 0 Å². The second-order valence-electron chi connectivity index (χ2n) is 11.4. The summed E-state index contributed by atoms with van der Waals surface area (Å²) in [6.07, 6.45) is 0. The maximum Gasteiger partial charge on any atom is 0.172 e. The lowest BCUT2D eigenvalue weighted by atomic mass is 10.0. The summed E-state index contributed by atoms with van der Waals surface area (Å²) in [6.45, 7) is 2.08. The number of aliphatic imine (C=N–C) groups is 1. The minimum atomic E-state index is 0.0146. The lowest BCUT2D eigenvalue weighted by Gasteiger charge is -2.09. The number of nitrogens with one attached hydrogen (secondary N) is 1. The number of rotatable bonds is 4. The summed E-state index contributed by atoms with van der Waals surface area (Å²) in [5.74, 6) is 1.02. The van der Waals surface area contributed by atoms with Gasteiger partial charge in [-0.1, -0.05) is 139 Å². The van der Waals surface area contributed by atoms with Gasteiger partial charge in [0.15, 0.2) is 5.84 Å². The van der Waals surface area contributed by atoms with Crippen molar-refractivity contribution in [3.63, 3.8) is 0 Å². The molecule has 0 bridgehead atoms. The van der Waals surface area contributed by atoms with E-state index in [9.17, 15) is 0 Å². The molecule has 0 aliphatic carbocycles. The zero-order valence-corrected chi connectivity index (χ0v) is 26.0. The van der Waals surface area contributed by atoms with Crippen LogP contribution < -0.4 is 5.73 Å². The topological polar surface area (TPSA) is 80.0 Å². The fourth-order valence-corrected chi connectivity index (χ4v) is 5.91. The van der Waals surface area contributed by atoms with Crippen LogP contribution in [-0.4, -0.2) is 21.2 Å². The molecule has 47 heavy (non-hydrogen) atoms. The molecule has 0 spiro atoms. The van der Waals surface area contributed by atoms with Crippen LogP contribution in [0.1, 0.15) is 16.8 Å². The van der Waals surface area contributed by atoms with Gasteiger partial charge < -0.3 is 5.73 Å². The lowest BCUT2D eigenvalue weighted by molar-refractivity contribution is 1.07. The minimum Gasteiger partial charge on any atom is -0.383 e. The third-order valence-electron chi connectivity index (χ3n) is 8.21. The van der Waals surface area contributed by atoms with Crippen LogP contribution in [-0.2, 0) is 0 Å². The summed E-state index contributed by atoms with van der Waals surface area (Å²) in [5, 5.41) is 13.4. The Morgan fingerprint density at radius 2 is 1.28 bits per heavy atom. The molecule has 2 aromatic heterocycles. The Morgan fingerprint density at radius 3 is 2.00 bits per heavy atom. The molecule has 0 radical (unpaired) electrons. The maximum absolute atomic E-state index is 8.65. The van der Waals surface area contributed by atoms with Crippen molar-refractivity contribution < 1.29 is 0 Å². The van der Waals surface area contributed by atoms with E-state index in [1.165, 1.54) is 27.3 Å². The van der Waals surface area contributed by atoms with Crippen molar-refractivity contribution in [2.45, 2.75) is 6.92 Å². The summed E-state index contributed by atoms with van der Waals surface area (Å²) in [7, 11) is 0. The average molecular weight is 608 g/mol. The van der Waals surface area contributed by atoms with Crippen molar-refractivity contribution >= 4 is 44.2 Å². The smallest absolute Gasteiger partial charge is 0.172 e. The van der Waals surface area contributed by atoms with E-state index in [1.807, 2.05) is 66.7 Å². The second-order valence-corrected chi connectivity index (χ2v) is 11.4. The molecule has 6 aromatic carbocycles. The monoisotopic (exact) mass is 607 g/mol. The number of nitrogens with zero attached hydrogens (tertiary/aromatic N) is 3. The van der Waals surface area contributed by atoms with E-state index in [-0.39, 0.29) is 11.7 Å². The highest BCUT2D eigenvalue weighted by atomic mass is 15.1. The van der Waals surface area contributed by atoms with E-state index in [4.69, 9.17) is 16.1 Å². The Labute approximate surface area is 273 Å². The van der Waals surface area contributed by atoms with Gasteiger partial charge in [-0.2, -0.15) is 0 Å². The number of aromatic nitrogens is 2. The fraction of sp³-hybridized carbons (Fsp3) is 0.0238. The van der Waals surface area contributed by atoms with Crippen molar-refractivity contribution in [1.29, 1.82) is 5.41 Å². The molecule has 0 fully saturated rings. The van der Waals surface area contributed by atoms with Crippen LogP contribution in [0.4, 0.5) is 0 Å². The van der Waals surface area contributed by atoms with Crippen molar-refractivity contribution in [2.24, 2.45) is 10.7 Å². The lowest BCUT2D eigenvalue weighted by Crippen LogP contribution is -2.16. The van der Waals surface area contributed by atoms with Crippen molar-refractivity contribution in [3.05, 3.63) is 181 Å². The minimum absolute atomic E-state index is 0.0146. The Morgan fingerprint density at radius 1 is 0.617 bits per heavy atom. The largest absolute Gasteiger partial charge is 0.383 e. The zero-order valence-electron chi connectivity index (χ0n) is 26.0. The summed E-state index contributed by atoms with van der Waals surface area (Å²) >= 11 is 0. The molecule has 0 amide bonds. The molecule has 0 aliphatic rings. The number of benzene rings is 6. The zero-order chi connectivity index (χ0) is 32.2. The number of aryl methyl sites for hydroxylation is 1. The normalized spacial score (nSPS) is 11.4. The van der Waals surface area contributed by atoms with Crippen molar-refractivity contribution in [1.82, 2.24) is 9.55 Å². The van der Waals surface area contributed by atoms with Crippen LogP contribution in [0.25, 0.3) is 49.5 Å². The van der Waals surface area contributed by atoms with Crippen LogP contribution in [0.15, 0.2) is 169 Å². The molecule has 8 aromatic rings. The van der Waals surface area contributed by atoms with Crippen molar-refractivity contribution in [2.75, 3.05) is 0 Å². The molecule has 5 heteroatoms. The highest BCUT2D eigenvalue weighted by Gasteiger charge is 2.17.